The van der Waals surface area contributed by atoms with Crippen molar-refractivity contribution in [3.63, 3.8) is 0 Å². The van der Waals surface area contributed by atoms with Gasteiger partial charge in [0.25, 0.3) is 0 Å². The summed E-state index contributed by atoms with van der Waals surface area (Å²) in [6.45, 7) is 24.4. The van der Waals surface area contributed by atoms with Crippen molar-refractivity contribution in [2.75, 3.05) is 6.61 Å². The monoisotopic (exact) mass is 602 g/mol. The van der Waals surface area contributed by atoms with Gasteiger partial charge in [0.15, 0.2) is 5.79 Å². The molecule has 43 heavy (non-hydrogen) atoms. The highest BCUT2D eigenvalue weighted by atomic mass is 16.8. The average molecular weight is 603 g/mol. The Balaban J connectivity index is 1.43. The first-order chi connectivity index (χ1) is 19.8. The fourth-order valence-corrected chi connectivity index (χ4v) is 12.8. The molecular formula is C36H58O7. The molecule has 4 unspecified atom stereocenters. The van der Waals surface area contributed by atoms with Gasteiger partial charge in [0, 0.05) is 38.2 Å². The standard InChI is InChI=1S/C36H58O7/c1-12-39-30(6,7)36-20-18-34(11,42-36)35(43-36)19-17-33(10)28(35)24(40-22(2)37)21-26-31(8)15-14-27(41-23(3)38)29(4,5)25(31)13-16-32(26,33)9/h24-28H,12-21H2,1-11H3/t24-,25?,26?,27?,28?,31+,32-,33-,34+,35-,36-/m1/s1. The summed E-state index contributed by atoms with van der Waals surface area (Å²) in [5.74, 6) is -0.399. The second-order valence-corrected chi connectivity index (χ2v) is 17.3. The molecule has 0 N–H and O–H groups in total. The molecule has 6 rings (SSSR count). The molecule has 7 nitrogen and oxygen atoms in total. The second-order valence-electron chi connectivity index (χ2n) is 17.3. The minimum atomic E-state index is -0.815. The summed E-state index contributed by atoms with van der Waals surface area (Å²) in [4.78, 5) is 24.9. The lowest BCUT2D eigenvalue weighted by atomic mass is 9.35. The number of hydrogen-bond donors (Lipinski definition) is 0. The summed E-state index contributed by atoms with van der Waals surface area (Å²) >= 11 is 0. The summed E-state index contributed by atoms with van der Waals surface area (Å²) in [6.07, 6.45) is 8.26. The summed E-state index contributed by atoms with van der Waals surface area (Å²) in [5, 5.41) is 0. The Morgan fingerprint density at radius 1 is 0.791 bits per heavy atom. The molecule has 7 heteroatoms. The lowest BCUT2D eigenvalue weighted by Crippen LogP contribution is -2.70. The van der Waals surface area contributed by atoms with Crippen LogP contribution in [-0.4, -0.2) is 53.3 Å². The van der Waals surface area contributed by atoms with Crippen molar-refractivity contribution < 1.29 is 33.3 Å². The van der Waals surface area contributed by atoms with Gasteiger partial charge in [-0.1, -0.05) is 34.6 Å². The zero-order valence-electron chi connectivity index (χ0n) is 28.8. The predicted molar refractivity (Wildman–Crippen MR) is 163 cm³/mol. The minimum absolute atomic E-state index is 0.0281. The SMILES string of the molecule is CCOC(C)(C)[C@]12CC[C@](C)(O1)[C@]1(CC[C@]3(C)C1[C@H](OC(C)=O)CC1[C@@]4(C)CCC(OC(C)=O)C(C)(C)C4CC[C@]13C)O2. The van der Waals surface area contributed by atoms with Gasteiger partial charge in [-0.05, 0) is 107 Å². The molecule has 0 aromatic carbocycles. The smallest absolute Gasteiger partial charge is 0.302 e. The molecule has 0 amide bonds. The van der Waals surface area contributed by atoms with E-state index in [1.807, 2.05) is 6.92 Å². The van der Waals surface area contributed by atoms with Crippen LogP contribution < -0.4 is 0 Å². The largest absolute Gasteiger partial charge is 0.462 e. The summed E-state index contributed by atoms with van der Waals surface area (Å²) in [6, 6.07) is 0. The van der Waals surface area contributed by atoms with Crippen molar-refractivity contribution in [2.45, 2.75) is 169 Å². The van der Waals surface area contributed by atoms with Gasteiger partial charge < -0.3 is 23.7 Å². The number of fused-ring (bicyclic) bond motifs is 9. The zero-order valence-corrected chi connectivity index (χ0v) is 28.8. The van der Waals surface area contributed by atoms with Crippen LogP contribution in [0.25, 0.3) is 0 Å². The van der Waals surface area contributed by atoms with Crippen molar-refractivity contribution >= 4 is 11.9 Å². The van der Waals surface area contributed by atoms with Crippen LogP contribution in [0.3, 0.4) is 0 Å². The van der Waals surface area contributed by atoms with Gasteiger partial charge in [0.2, 0.25) is 0 Å². The van der Waals surface area contributed by atoms with Crippen LogP contribution in [-0.2, 0) is 33.3 Å². The Hall–Kier alpha value is -1.18. The fraction of sp³-hybridized carbons (Fsp3) is 0.944. The number of carbonyl (C=O) groups is 2. The first-order valence-corrected chi connectivity index (χ1v) is 17.2. The number of rotatable bonds is 5. The Morgan fingerprint density at radius 2 is 1.47 bits per heavy atom. The topological polar surface area (TPSA) is 80.3 Å². The van der Waals surface area contributed by atoms with E-state index in [1.165, 1.54) is 6.92 Å². The molecule has 11 atom stereocenters. The molecule has 2 heterocycles. The first-order valence-electron chi connectivity index (χ1n) is 17.2. The summed E-state index contributed by atoms with van der Waals surface area (Å²) < 4.78 is 33.2. The average Bonchev–Trinajstić information content (AvgIpc) is 3.48. The van der Waals surface area contributed by atoms with Crippen LogP contribution in [0.4, 0.5) is 0 Å². The molecule has 2 aliphatic heterocycles. The third-order valence-corrected chi connectivity index (χ3v) is 14.9. The van der Waals surface area contributed by atoms with Crippen LogP contribution in [0.1, 0.15) is 134 Å². The Morgan fingerprint density at radius 3 is 2.09 bits per heavy atom. The molecule has 4 aliphatic carbocycles. The lowest BCUT2D eigenvalue weighted by Gasteiger charge is -2.71. The van der Waals surface area contributed by atoms with E-state index in [-0.39, 0.29) is 51.7 Å². The van der Waals surface area contributed by atoms with Gasteiger partial charge >= 0.3 is 11.9 Å². The molecule has 2 saturated heterocycles. The molecule has 1 spiro atoms. The maximum absolute atomic E-state index is 12.8. The molecule has 0 radical (unpaired) electrons. The molecule has 2 bridgehead atoms. The van der Waals surface area contributed by atoms with Crippen molar-refractivity contribution in [1.82, 2.24) is 0 Å². The molecular weight excluding hydrogens is 544 g/mol. The Kier molecular flexibility index (Phi) is 6.98. The van der Waals surface area contributed by atoms with Crippen molar-refractivity contribution in [3.8, 4) is 0 Å². The number of ether oxygens (including phenoxy) is 5. The maximum atomic E-state index is 12.8. The van der Waals surface area contributed by atoms with E-state index in [9.17, 15) is 9.59 Å². The van der Waals surface area contributed by atoms with Crippen LogP contribution in [0, 0.1) is 39.4 Å². The van der Waals surface area contributed by atoms with Crippen molar-refractivity contribution in [2.24, 2.45) is 39.4 Å². The van der Waals surface area contributed by atoms with Crippen LogP contribution in [0.5, 0.6) is 0 Å². The third-order valence-electron chi connectivity index (χ3n) is 14.9. The highest BCUT2D eigenvalue weighted by Crippen LogP contribution is 2.79. The minimum Gasteiger partial charge on any atom is -0.462 e. The van der Waals surface area contributed by atoms with E-state index in [0.717, 1.165) is 57.8 Å². The maximum Gasteiger partial charge on any atom is 0.302 e. The normalized spacial score (nSPS) is 51.5. The van der Waals surface area contributed by atoms with Crippen molar-refractivity contribution in [3.05, 3.63) is 0 Å². The van der Waals surface area contributed by atoms with Gasteiger partial charge in [-0.15, -0.1) is 0 Å². The molecule has 6 fully saturated rings. The second kappa shape index (κ2) is 9.44. The quantitative estimate of drug-likeness (QED) is 0.304. The lowest BCUT2D eigenvalue weighted by molar-refractivity contribution is -0.303. The van der Waals surface area contributed by atoms with E-state index < -0.39 is 22.6 Å². The highest BCUT2D eigenvalue weighted by molar-refractivity contribution is 5.66. The molecule has 6 aliphatic rings. The highest BCUT2D eigenvalue weighted by Gasteiger charge is 2.83. The fourth-order valence-electron chi connectivity index (χ4n) is 12.8. The van der Waals surface area contributed by atoms with E-state index in [4.69, 9.17) is 23.7 Å². The van der Waals surface area contributed by atoms with E-state index in [2.05, 4.69) is 55.4 Å². The number of hydrogen-bond acceptors (Lipinski definition) is 7. The molecule has 4 saturated carbocycles. The first kappa shape index (κ1) is 31.8. The van der Waals surface area contributed by atoms with E-state index in [0.29, 0.717) is 18.4 Å². The summed E-state index contributed by atoms with van der Waals surface area (Å²) in [5.41, 5.74) is -1.77. The zero-order chi connectivity index (χ0) is 31.6. The van der Waals surface area contributed by atoms with Gasteiger partial charge in [-0.2, -0.15) is 0 Å². The van der Waals surface area contributed by atoms with Gasteiger partial charge in [-0.3, -0.25) is 9.59 Å². The predicted octanol–water partition coefficient (Wildman–Crippen LogP) is 7.38. The van der Waals surface area contributed by atoms with Gasteiger partial charge in [0.1, 0.15) is 23.4 Å². The van der Waals surface area contributed by atoms with Gasteiger partial charge in [0.05, 0.1) is 5.60 Å². The number of carbonyl (C=O) groups excluding carboxylic acids is 2. The van der Waals surface area contributed by atoms with Crippen LogP contribution in [0.15, 0.2) is 0 Å². The van der Waals surface area contributed by atoms with Gasteiger partial charge in [-0.25, -0.2) is 0 Å². The van der Waals surface area contributed by atoms with Crippen LogP contribution in [0.2, 0.25) is 0 Å². The Bertz CT molecular complexity index is 1180. The molecule has 0 aromatic heterocycles. The third kappa shape index (κ3) is 3.89. The number of esters is 2. The summed E-state index contributed by atoms with van der Waals surface area (Å²) in [7, 11) is 0. The van der Waals surface area contributed by atoms with E-state index >= 15 is 0 Å². The molecule has 244 valence electrons. The Labute approximate surface area is 259 Å². The van der Waals surface area contributed by atoms with E-state index in [1.54, 1.807) is 6.92 Å². The van der Waals surface area contributed by atoms with Crippen LogP contribution >= 0.6 is 0 Å². The molecule has 0 aromatic rings. The van der Waals surface area contributed by atoms with Crippen molar-refractivity contribution in [1.29, 1.82) is 0 Å².